The summed E-state index contributed by atoms with van der Waals surface area (Å²) in [7, 11) is 0. The van der Waals surface area contributed by atoms with Gasteiger partial charge in [0, 0.05) is 11.6 Å². The average molecular weight is 378 g/mol. The number of furan rings is 1. The number of allylic oxidation sites excluding steroid dienone is 1. The SMILES string of the molecule is Cc1ccc(/C=C2\Oc3c(ccc(OC(=O)c4cccc(F)c4)c3C)C2=O)o1. The normalized spacial score (nSPS) is 14.1. The molecule has 0 spiro atoms. The zero-order valence-electron chi connectivity index (χ0n) is 15.1. The molecule has 0 saturated carbocycles. The quantitative estimate of drug-likeness (QED) is 0.370. The first-order valence-electron chi connectivity index (χ1n) is 8.54. The van der Waals surface area contributed by atoms with Crippen molar-refractivity contribution in [2.75, 3.05) is 0 Å². The topological polar surface area (TPSA) is 65.7 Å². The van der Waals surface area contributed by atoms with Gasteiger partial charge < -0.3 is 13.9 Å². The summed E-state index contributed by atoms with van der Waals surface area (Å²) in [5, 5.41) is 0. The number of rotatable bonds is 3. The molecule has 3 aromatic rings. The van der Waals surface area contributed by atoms with Gasteiger partial charge in [-0.15, -0.1) is 0 Å². The van der Waals surface area contributed by atoms with Crippen molar-refractivity contribution < 1.29 is 27.9 Å². The molecule has 0 bridgehead atoms. The highest BCUT2D eigenvalue weighted by Crippen LogP contribution is 2.39. The van der Waals surface area contributed by atoms with Gasteiger partial charge in [0.1, 0.15) is 28.8 Å². The van der Waals surface area contributed by atoms with E-state index >= 15 is 0 Å². The van der Waals surface area contributed by atoms with Crippen molar-refractivity contribution in [2.45, 2.75) is 13.8 Å². The predicted octanol–water partition coefficient (Wildman–Crippen LogP) is 4.87. The third kappa shape index (κ3) is 3.20. The summed E-state index contributed by atoms with van der Waals surface area (Å²) in [6.45, 7) is 3.48. The van der Waals surface area contributed by atoms with Gasteiger partial charge in [-0.05, 0) is 56.3 Å². The first kappa shape index (κ1) is 17.7. The van der Waals surface area contributed by atoms with Crippen LogP contribution < -0.4 is 9.47 Å². The lowest BCUT2D eigenvalue weighted by Gasteiger charge is -2.10. The monoisotopic (exact) mass is 378 g/mol. The van der Waals surface area contributed by atoms with Crippen LogP contribution in [0.3, 0.4) is 0 Å². The van der Waals surface area contributed by atoms with Gasteiger partial charge in [-0.3, -0.25) is 4.79 Å². The van der Waals surface area contributed by atoms with Gasteiger partial charge in [0.25, 0.3) is 0 Å². The van der Waals surface area contributed by atoms with E-state index in [2.05, 4.69) is 0 Å². The molecule has 1 aromatic heterocycles. The van der Waals surface area contributed by atoms with Crippen molar-refractivity contribution in [3.8, 4) is 11.5 Å². The molecule has 6 heteroatoms. The highest BCUT2D eigenvalue weighted by atomic mass is 19.1. The molecule has 0 fully saturated rings. The van der Waals surface area contributed by atoms with Gasteiger partial charge >= 0.3 is 5.97 Å². The van der Waals surface area contributed by atoms with E-state index in [0.29, 0.717) is 22.6 Å². The Labute approximate surface area is 160 Å². The second-order valence-electron chi connectivity index (χ2n) is 6.35. The highest BCUT2D eigenvalue weighted by Gasteiger charge is 2.31. The van der Waals surface area contributed by atoms with E-state index in [0.717, 1.165) is 11.8 Å². The van der Waals surface area contributed by atoms with E-state index in [4.69, 9.17) is 13.9 Å². The number of hydrogen-bond donors (Lipinski definition) is 0. The lowest BCUT2D eigenvalue weighted by atomic mass is 10.1. The maximum absolute atomic E-state index is 13.3. The van der Waals surface area contributed by atoms with Crippen LogP contribution in [0.25, 0.3) is 6.08 Å². The summed E-state index contributed by atoms with van der Waals surface area (Å²) in [4.78, 5) is 24.8. The van der Waals surface area contributed by atoms with E-state index < -0.39 is 11.8 Å². The fraction of sp³-hybridized carbons (Fsp3) is 0.0909. The molecule has 0 radical (unpaired) electrons. The Morgan fingerprint density at radius 2 is 1.93 bits per heavy atom. The lowest BCUT2D eigenvalue weighted by Crippen LogP contribution is -2.09. The summed E-state index contributed by atoms with van der Waals surface area (Å²) < 4.78 is 29.8. The predicted molar refractivity (Wildman–Crippen MR) is 98.9 cm³/mol. The number of halogens is 1. The highest BCUT2D eigenvalue weighted by molar-refractivity contribution is 6.14. The summed E-state index contributed by atoms with van der Waals surface area (Å²) in [6, 6.07) is 11.8. The van der Waals surface area contributed by atoms with Crippen molar-refractivity contribution >= 4 is 17.8 Å². The van der Waals surface area contributed by atoms with Crippen LogP contribution in [0.4, 0.5) is 4.39 Å². The van der Waals surface area contributed by atoms with Crippen LogP contribution in [0.15, 0.2) is 58.7 Å². The molecule has 0 amide bonds. The Morgan fingerprint density at radius 3 is 2.64 bits per heavy atom. The van der Waals surface area contributed by atoms with E-state index in [1.807, 2.05) is 0 Å². The molecule has 0 aliphatic carbocycles. The van der Waals surface area contributed by atoms with Gasteiger partial charge in [-0.2, -0.15) is 0 Å². The number of ether oxygens (including phenoxy) is 2. The minimum absolute atomic E-state index is 0.0886. The standard InChI is InChI=1S/C22H15FO5/c1-12-6-7-16(26-12)11-19-20(24)17-8-9-18(13(2)21(17)27-19)28-22(25)14-4-3-5-15(23)10-14/h3-11H,1-2H3/b19-11-. The number of ketones is 1. The van der Waals surface area contributed by atoms with Crippen LogP contribution in [0.1, 0.15) is 37.8 Å². The maximum atomic E-state index is 13.3. The summed E-state index contributed by atoms with van der Waals surface area (Å²) in [5.41, 5.74) is 0.956. The molecule has 4 rings (SSSR count). The van der Waals surface area contributed by atoms with Gasteiger partial charge in [-0.25, -0.2) is 9.18 Å². The van der Waals surface area contributed by atoms with Gasteiger partial charge in [0.15, 0.2) is 5.76 Å². The fourth-order valence-electron chi connectivity index (χ4n) is 2.91. The molecule has 0 atom stereocenters. The molecule has 140 valence electrons. The Kier molecular flexibility index (Phi) is 4.31. The largest absolute Gasteiger partial charge is 0.462 e. The molecule has 0 N–H and O–H groups in total. The second-order valence-corrected chi connectivity index (χ2v) is 6.35. The van der Waals surface area contributed by atoms with Crippen molar-refractivity contribution in [3.05, 3.63) is 88.3 Å². The Bertz CT molecular complexity index is 1140. The third-order valence-electron chi connectivity index (χ3n) is 4.33. The minimum Gasteiger partial charge on any atom is -0.462 e. The lowest BCUT2D eigenvalue weighted by molar-refractivity contribution is 0.0732. The number of carbonyl (C=O) groups excluding carboxylic acids is 2. The number of esters is 1. The first-order chi connectivity index (χ1) is 13.4. The third-order valence-corrected chi connectivity index (χ3v) is 4.33. The molecule has 0 unspecified atom stereocenters. The Balaban J connectivity index is 1.62. The van der Waals surface area contributed by atoms with E-state index in [-0.39, 0.29) is 22.9 Å². The number of carbonyl (C=O) groups is 2. The molecule has 1 aliphatic rings. The summed E-state index contributed by atoms with van der Waals surface area (Å²) in [6.07, 6.45) is 1.52. The first-order valence-corrected chi connectivity index (χ1v) is 8.54. The van der Waals surface area contributed by atoms with Crippen molar-refractivity contribution in [3.63, 3.8) is 0 Å². The summed E-state index contributed by atoms with van der Waals surface area (Å²) >= 11 is 0. The Hall–Kier alpha value is -3.67. The smallest absolute Gasteiger partial charge is 0.343 e. The van der Waals surface area contributed by atoms with Crippen molar-refractivity contribution in [1.29, 1.82) is 0 Å². The van der Waals surface area contributed by atoms with Crippen LogP contribution >= 0.6 is 0 Å². The van der Waals surface area contributed by atoms with Gasteiger partial charge in [0.05, 0.1) is 11.1 Å². The zero-order chi connectivity index (χ0) is 19.8. The van der Waals surface area contributed by atoms with Crippen LogP contribution in [-0.4, -0.2) is 11.8 Å². The van der Waals surface area contributed by atoms with Gasteiger partial charge in [-0.1, -0.05) is 6.07 Å². The Morgan fingerprint density at radius 1 is 1.11 bits per heavy atom. The minimum atomic E-state index is -0.700. The van der Waals surface area contributed by atoms with E-state index in [9.17, 15) is 14.0 Å². The molecular formula is C22H15FO5. The van der Waals surface area contributed by atoms with Crippen molar-refractivity contribution in [2.24, 2.45) is 0 Å². The number of Topliss-reactive ketones (excluding diaryl/α,β-unsaturated/α-hetero) is 1. The van der Waals surface area contributed by atoms with Crippen LogP contribution in [0, 0.1) is 19.7 Å². The maximum Gasteiger partial charge on any atom is 0.343 e. The number of hydrogen-bond acceptors (Lipinski definition) is 5. The number of aryl methyl sites for hydroxylation is 1. The second kappa shape index (κ2) is 6.81. The van der Waals surface area contributed by atoms with Crippen molar-refractivity contribution in [1.82, 2.24) is 0 Å². The molecule has 5 nitrogen and oxygen atoms in total. The summed E-state index contributed by atoms with van der Waals surface area (Å²) in [5.74, 6) is 0.392. The van der Waals surface area contributed by atoms with Gasteiger partial charge in [0.2, 0.25) is 5.78 Å². The molecule has 2 heterocycles. The molecule has 1 aliphatic heterocycles. The fourth-order valence-corrected chi connectivity index (χ4v) is 2.91. The number of fused-ring (bicyclic) bond motifs is 1. The van der Waals surface area contributed by atoms with E-state index in [1.165, 1.54) is 36.4 Å². The molecule has 2 aromatic carbocycles. The molecular weight excluding hydrogens is 363 g/mol. The zero-order valence-corrected chi connectivity index (χ0v) is 15.1. The van der Waals surface area contributed by atoms with Crippen LogP contribution in [0.5, 0.6) is 11.5 Å². The molecule has 0 saturated heterocycles. The van der Waals surface area contributed by atoms with E-state index in [1.54, 1.807) is 26.0 Å². The van der Waals surface area contributed by atoms with Crippen LogP contribution in [-0.2, 0) is 0 Å². The average Bonchev–Trinajstić information content (AvgIpc) is 3.22. The number of benzene rings is 2. The molecule has 28 heavy (non-hydrogen) atoms. The van der Waals surface area contributed by atoms with Crippen LogP contribution in [0.2, 0.25) is 0 Å².